The molecule has 0 fully saturated rings. The highest BCUT2D eigenvalue weighted by atomic mass is 32.2. The second kappa shape index (κ2) is 7.83. The zero-order valence-corrected chi connectivity index (χ0v) is 12.1. The maximum absolute atomic E-state index is 11.8. The summed E-state index contributed by atoms with van der Waals surface area (Å²) in [7, 11) is -3.52. The molecule has 0 unspecified atom stereocenters. The maximum Gasteiger partial charge on any atom is 0.273 e. The van der Waals surface area contributed by atoms with E-state index in [0.29, 0.717) is 12.3 Å². The Labute approximate surface area is 113 Å². The van der Waals surface area contributed by atoms with Gasteiger partial charge in [0, 0.05) is 6.54 Å². The zero-order valence-electron chi connectivity index (χ0n) is 10.5. The Morgan fingerprint density at radius 3 is 2.72 bits per heavy atom. The SMILES string of the molecule is CSCCCCCNS(=O)(=O)c1ccc(CN)o1. The van der Waals surface area contributed by atoms with E-state index < -0.39 is 10.0 Å². The number of nitrogens with two attached hydrogens (primary N) is 1. The van der Waals surface area contributed by atoms with Crippen molar-refractivity contribution in [2.24, 2.45) is 5.73 Å². The van der Waals surface area contributed by atoms with E-state index in [2.05, 4.69) is 11.0 Å². The molecule has 0 aliphatic rings. The van der Waals surface area contributed by atoms with Gasteiger partial charge in [0.1, 0.15) is 5.76 Å². The predicted molar refractivity (Wildman–Crippen MR) is 74.0 cm³/mol. The second-order valence-electron chi connectivity index (χ2n) is 3.88. The van der Waals surface area contributed by atoms with Crippen molar-refractivity contribution in [1.29, 1.82) is 0 Å². The van der Waals surface area contributed by atoms with Crippen LogP contribution in [0.5, 0.6) is 0 Å². The first-order chi connectivity index (χ1) is 8.60. The van der Waals surface area contributed by atoms with E-state index in [1.807, 2.05) is 0 Å². The van der Waals surface area contributed by atoms with Crippen LogP contribution in [0.3, 0.4) is 0 Å². The molecule has 0 saturated carbocycles. The van der Waals surface area contributed by atoms with Crippen LogP contribution < -0.4 is 10.5 Å². The lowest BCUT2D eigenvalue weighted by Crippen LogP contribution is -2.24. The molecule has 0 saturated heterocycles. The third-order valence-electron chi connectivity index (χ3n) is 2.42. The largest absolute Gasteiger partial charge is 0.447 e. The molecule has 3 N–H and O–H groups in total. The van der Waals surface area contributed by atoms with Gasteiger partial charge in [0.2, 0.25) is 5.09 Å². The standard InChI is InChI=1S/C11H20N2O3S2/c1-17-8-4-2-3-7-13-18(14,15)11-6-5-10(9-12)16-11/h5-6,13H,2-4,7-9,12H2,1H3. The number of sulfonamides is 1. The lowest BCUT2D eigenvalue weighted by Gasteiger charge is -2.04. The molecule has 0 radical (unpaired) electrons. The molecule has 5 nitrogen and oxygen atoms in total. The topological polar surface area (TPSA) is 85.3 Å². The van der Waals surface area contributed by atoms with Gasteiger partial charge < -0.3 is 10.2 Å². The average molecular weight is 292 g/mol. The first-order valence-electron chi connectivity index (χ1n) is 5.87. The van der Waals surface area contributed by atoms with Gasteiger partial charge in [-0.3, -0.25) is 0 Å². The van der Waals surface area contributed by atoms with E-state index >= 15 is 0 Å². The van der Waals surface area contributed by atoms with Crippen molar-refractivity contribution in [1.82, 2.24) is 4.72 Å². The highest BCUT2D eigenvalue weighted by Gasteiger charge is 2.17. The van der Waals surface area contributed by atoms with Crippen molar-refractivity contribution in [2.45, 2.75) is 30.9 Å². The summed E-state index contributed by atoms with van der Waals surface area (Å²) in [6, 6.07) is 3.01. The van der Waals surface area contributed by atoms with Crippen molar-refractivity contribution in [2.75, 3.05) is 18.6 Å². The minimum atomic E-state index is -3.52. The fourth-order valence-electron chi connectivity index (χ4n) is 1.44. The first kappa shape index (κ1) is 15.6. The molecule has 0 aliphatic carbocycles. The first-order valence-corrected chi connectivity index (χ1v) is 8.75. The van der Waals surface area contributed by atoms with Gasteiger partial charge in [-0.15, -0.1) is 0 Å². The van der Waals surface area contributed by atoms with Crippen LogP contribution in [0.4, 0.5) is 0 Å². The number of hydrogen-bond acceptors (Lipinski definition) is 5. The highest BCUT2D eigenvalue weighted by Crippen LogP contribution is 2.13. The fraction of sp³-hybridized carbons (Fsp3) is 0.636. The number of furan rings is 1. The van der Waals surface area contributed by atoms with Gasteiger partial charge >= 0.3 is 0 Å². The smallest absolute Gasteiger partial charge is 0.273 e. The minimum Gasteiger partial charge on any atom is -0.447 e. The molecule has 0 amide bonds. The van der Waals surface area contributed by atoms with Crippen molar-refractivity contribution in [3.63, 3.8) is 0 Å². The lowest BCUT2D eigenvalue weighted by molar-refractivity contribution is 0.412. The molecule has 0 bridgehead atoms. The van der Waals surface area contributed by atoms with E-state index in [-0.39, 0.29) is 11.6 Å². The normalized spacial score (nSPS) is 11.9. The van der Waals surface area contributed by atoms with Gasteiger partial charge in [0.05, 0.1) is 6.54 Å². The summed E-state index contributed by atoms with van der Waals surface area (Å²) in [6.45, 7) is 0.638. The minimum absolute atomic E-state index is 0.0629. The number of unbranched alkanes of at least 4 members (excludes halogenated alkanes) is 2. The Morgan fingerprint density at radius 1 is 1.33 bits per heavy atom. The van der Waals surface area contributed by atoms with E-state index in [1.165, 1.54) is 6.07 Å². The molecule has 104 valence electrons. The van der Waals surface area contributed by atoms with Gasteiger partial charge in [0.25, 0.3) is 10.0 Å². The molecule has 0 atom stereocenters. The van der Waals surface area contributed by atoms with E-state index in [4.69, 9.17) is 10.2 Å². The van der Waals surface area contributed by atoms with E-state index in [0.717, 1.165) is 25.0 Å². The van der Waals surface area contributed by atoms with Crippen molar-refractivity contribution in [3.8, 4) is 0 Å². The molecule has 18 heavy (non-hydrogen) atoms. The molecular formula is C11H20N2O3S2. The molecular weight excluding hydrogens is 272 g/mol. The van der Waals surface area contributed by atoms with E-state index in [9.17, 15) is 8.42 Å². The number of rotatable bonds is 9. The summed E-state index contributed by atoms with van der Waals surface area (Å²) in [5, 5.41) is -0.0629. The van der Waals surface area contributed by atoms with Gasteiger partial charge in [-0.25, -0.2) is 13.1 Å². The quantitative estimate of drug-likeness (QED) is 0.674. The Hall–Kier alpha value is -0.500. The van der Waals surface area contributed by atoms with Crippen LogP contribution in [0.2, 0.25) is 0 Å². The zero-order chi connectivity index (χ0) is 13.4. The molecule has 7 heteroatoms. The third kappa shape index (κ3) is 5.01. The van der Waals surface area contributed by atoms with Crippen LogP contribution in [-0.2, 0) is 16.6 Å². The Balaban J connectivity index is 2.36. The summed E-state index contributed by atoms with van der Waals surface area (Å²) < 4.78 is 31.2. The van der Waals surface area contributed by atoms with Gasteiger partial charge in [-0.05, 0) is 37.0 Å². The molecule has 1 rings (SSSR count). The fourth-order valence-corrected chi connectivity index (χ4v) is 2.95. The summed E-state index contributed by atoms with van der Waals surface area (Å²) >= 11 is 1.80. The molecule has 0 aliphatic heterocycles. The van der Waals surface area contributed by atoms with E-state index in [1.54, 1.807) is 17.8 Å². The Morgan fingerprint density at radius 2 is 2.11 bits per heavy atom. The van der Waals surface area contributed by atoms with Crippen LogP contribution in [0.1, 0.15) is 25.0 Å². The summed E-state index contributed by atoms with van der Waals surface area (Å²) in [4.78, 5) is 0. The Kier molecular flexibility index (Phi) is 6.77. The third-order valence-corrected chi connectivity index (χ3v) is 4.45. The van der Waals surface area contributed by atoms with Crippen LogP contribution in [0.25, 0.3) is 0 Å². The van der Waals surface area contributed by atoms with Crippen molar-refractivity contribution >= 4 is 21.8 Å². The maximum atomic E-state index is 11.8. The molecule has 0 spiro atoms. The molecule has 1 heterocycles. The van der Waals surface area contributed by atoms with Crippen LogP contribution in [-0.4, -0.2) is 27.0 Å². The summed E-state index contributed by atoms with van der Waals surface area (Å²) in [5.74, 6) is 1.58. The molecule has 1 aromatic heterocycles. The Bertz CT molecular complexity index is 443. The summed E-state index contributed by atoms with van der Waals surface area (Å²) in [6.07, 6.45) is 5.04. The van der Waals surface area contributed by atoms with Gasteiger partial charge in [0.15, 0.2) is 0 Å². The summed E-state index contributed by atoms with van der Waals surface area (Å²) in [5.41, 5.74) is 5.36. The van der Waals surface area contributed by atoms with Crippen molar-refractivity contribution in [3.05, 3.63) is 17.9 Å². The van der Waals surface area contributed by atoms with Crippen molar-refractivity contribution < 1.29 is 12.8 Å². The second-order valence-corrected chi connectivity index (χ2v) is 6.56. The van der Waals surface area contributed by atoms with Gasteiger partial charge in [-0.2, -0.15) is 11.8 Å². The highest BCUT2D eigenvalue weighted by molar-refractivity contribution is 7.98. The monoisotopic (exact) mass is 292 g/mol. The average Bonchev–Trinajstić information content (AvgIpc) is 2.83. The molecule has 1 aromatic rings. The molecule has 0 aromatic carbocycles. The van der Waals surface area contributed by atoms with Crippen LogP contribution in [0.15, 0.2) is 21.6 Å². The number of thioether (sulfide) groups is 1. The van der Waals surface area contributed by atoms with Crippen LogP contribution >= 0.6 is 11.8 Å². The number of hydrogen-bond donors (Lipinski definition) is 2. The van der Waals surface area contributed by atoms with Gasteiger partial charge in [-0.1, -0.05) is 6.42 Å². The number of nitrogens with one attached hydrogen (secondary N) is 1. The van der Waals surface area contributed by atoms with Crippen LogP contribution in [0, 0.1) is 0 Å². The predicted octanol–water partition coefficient (Wildman–Crippen LogP) is 1.55. The lowest BCUT2D eigenvalue weighted by atomic mass is 10.2.